The lowest BCUT2D eigenvalue weighted by molar-refractivity contribution is 0.705. The van der Waals surface area contributed by atoms with Crippen molar-refractivity contribution in [1.82, 2.24) is 12.7 Å². The topological polar surface area (TPSA) is 90.9 Å². The predicted molar refractivity (Wildman–Crippen MR) is 411 cm³/mol. The Morgan fingerprint density at radius 2 is 0.560 bits per heavy atom. The number of nitrogens with one attached hydrogen (secondary N) is 2. The number of rotatable bonds is 11. The van der Waals surface area contributed by atoms with Gasteiger partial charge in [0.05, 0.1) is 0 Å². The van der Waals surface area contributed by atoms with Crippen molar-refractivity contribution in [2.45, 2.75) is 130 Å². The van der Waals surface area contributed by atoms with Crippen LogP contribution in [-0.4, -0.2) is 37.4 Å². The molecule has 13 rings (SSSR count). The first kappa shape index (κ1) is 64.5. The van der Waals surface area contributed by atoms with Crippen molar-refractivity contribution in [3.05, 3.63) is 251 Å². The number of halogens is 1. The minimum absolute atomic E-state index is 0.226. The lowest BCUT2D eigenvalue weighted by Gasteiger charge is -2.39. The van der Waals surface area contributed by atoms with Gasteiger partial charge in [-0.25, -0.2) is 0 Å². The van der Waals surface area contributed by atoms with E-state index in [1.807, 2.05) is 48.5 Å². The van der Waals surface area contributed by atoms with Gasteiger partial charge in [-0.3, -0.25) is 0 Å². The second-order valence-corrected chi connectivity index (χ2v) is 45.7. The minimum atomic E-state index is -1.84. The Hall–Kier alpha value is -8.07. The van der Waals surface area contributed by atoms with Gasteiger partial charge in [0.15, 0.2) is 24.7 Å². The van der Waals surface area contributed by atoms with Crippen LogP contribution in [0.2, 0.25) is 54.4 Å². The molecule has 13 aromatic rings. The van der Waals surface area contributed by atoms with Crippen molar-refractivity contribution in [3.63, 3.8) is 0 Å². The molecule has 3 heterocycles. The average molecular weight is 1320 g/mol. The van der Waals surface area contributed by atoms with Crippen LogP contribution >= 0.6 is 15.9 Å². The lowest BCUT2D eigenvalue weighted by Crippen LogP contribution is -2.45. The number of nitrogen functional groups attached to an aromatic ring is 2. The molecule has 0 radical (unpaired) electrons. The highest BCUT2D eigenvalue weighted by molar-refractivity contribution is 9.10. The van der Waals surface area contributed by atoms with Crippen LogP contribution in [0.5, 0.6) is 0 Å². The molecule has 0 aliphatic heterocycles. The first-order valence-corrected chi connectivity index (χ1v) is 41.8. The van der Waals surface area contributed by atoms with Crippen molar-refractivity contribution in [2.24, 2.45) is 0 Å². The fourth-order valence-electron chi connectivity index (χ4n) is 12.3. The Balaban J connectivity index is 0.000000190. The molecule has 0 atom stereocenters. The highest BCUT2D eigenvalue weighted by Crippen LogP contribution is 2.46. The van der Waals surface area contributed by atoms with Crippen LogP contribution in [-0.2, 0) is 12.8 Å². The van der Waals surface area contributed by atoms with Crippen LogP contribution in [0.25, 0.3) is 65.4 Å². The first-order chi connectivity index (χ1) is 43.0. The summed E-state index contributed by atoms with van der Waals surface area (Å²) in [6.07, 6.45) is 1.80. The largest absolute Gasteiger partial charge is 0.399 e. The Morgan fingerprint density at radius 3 is 0.868 bits per heavy atom. The van der Waals surface area contributed by atoms with Crippen molar-refractivity contribution in [1.29, 1.82) is 0 Å². The second-order valence-electron chi connectivity index (χ2n) is 29.6. The van der Waals surface area contributed by atoms with Gasteiger partial charge >= 0.3 is 0 Å². The third-order valence-electron chi connectivity index (χ3n) is 20.4. The van der Waals surface area contributed by atoms with Crippen LogP contribution in [0.4, 0.5) is 34.1 Å². The molecule has 0 fully saturated rings. The highest BCUT2D eigenvalue weighted by Gasteiger charge is 2.42. The van der Waals surface area contributed by atoms with Crippen LogP contribution in [0, 0.1) is 0 Å². The molecular weight excluding hydrogens is 1220 g/mol. The third kappa shape index (κ3) is 13.0. The zero-order chi connectivity index (χ0) is 65.0. The van der Waals surface area contributed by atoms with Crippen LogP contribution in [0.3, 0.4) is 0 Å². The van der Waals surface area contributed by atoms with E-state index in [2.05, 4.69) is 317 Å². The fourth-order valence-corrected chi connectivity index (χ4v) is 19.5. The zero-order valence-corrected chi connectivity index (χ0v) is 60.7. The molecule has 0 aliphatic carbocycles. The molecule has 0 amide bonds. The third-order valence-corrected chi connectivity index (χ3v) is 36.7. The van der Waals surface area contributed by atoms with Gasteiger partial charge in [-0.15, -0.1) is 0 Å². The molecular formula is C80H92BrN7Si3. The summed E-state index contributed by atoms with van der Waals surface area (Å²) in [4.78, 5) is 0. The SMILES string of the molecule is CC(C)(C)[Si](C)(C)n1c2ccccc2c2cc(Br)ccc21.CC(C)(C)[Si](C)(C)n1c2ccccc2c2cc(Nc3ccc(Cc4ccc(Nc5ccc6c(c5)c5ccccc5n6[Si](C)(C)C(C)(C)C)cc4)cc3)ccc21.Nc1ccc(Cc2ccc(N)cc2)cc1. The van der Waals surface area contributed by atoms with E-state index in [-0.39, 0.29) is 10.1 Å². The molecule has 0 aliphatic rings. The quantitative estimate of drug-likeness (QED) is 0.0767. The Morgan fingerprint density at radius 1 is 0.308 bits per heavy atom. The number of hydrogen-bond donors (Lipinski definition) is 4. The van der Waals surface area contributed by atoms with E-state index in [0.717, 1.165) is 51.4 Å². The van der Waals surface area contributed by atoms with E-state index >= 15 is 0 Å². The summed E-state index contributed by atoms with van der Waals surface area (Å²) in [7, 11) is -5.36. The van der Waals surface area contributed by atoms with E-state index < -0.39 is 24.7 Å². The van der Waals surface area contributed by atoms with E-state index in [4.69, 9.17) is 11.5 Å². The van der Waals surface area contributed by atoms with Gasteiger partial charge in [0.2, 0.25) is 0 Å². The van der Waals surface area contributed by atoms with Gasteiger partial charge in [-0.2, -0.15) is 0 Å². The lowest BCUT2D eigenvalue weighted by atomic mass is 10.0. The maximum Gasteiger partial charge on any atom is 0.161 e. The fraction of sp³-hybridized carbons (Fsp3) is 0.250. The first-order valence-electron chi connectivity index (χ1n) is 32.2. The maximum atomic E-state index is 5.62. The van der Waals surface area contributed by atoms with E-state index in [9.17, 15) is 0 Å². The number of para-hydroxylation sites is 3. The van der Waals surface area contributed by atoms with E-state index in [1.54, 1.807) is 0 Å². The molecule has 7 nitrogen and oxygen atoms in total. The summed E-state index contributed by atoms with van der Waals surface area (Å²) in [5, 5.41) is 16.1. The number of nitrogens with two attached hydrogens (primary N) is 2. The zero-order valence-electron chi connectivity index (χ0n) is 56.2. The van der Waals surface area contributed by atoms with E-state index in [0.29, 0.717) is 5.04 Å². The number of anilines is 6. The molecule has 0 saturated heterocycles. The molecule has 91 heavy (non-hydrogen) atoms. The second kappa shape index (κ2) is 24.9. The summed E-state index contributed by atoms with van der Waals surface area (Å²) in [5.41, 5.74) is 30.5. The van der Waals surface area contributed by atoms with Crippen molar-refractivity contribution in [3.8, 4) is 0 Å². The van der Waals surface area contributed by atoms with Gasteiger partial charge in [-0.1, -0.05) is 221 Å². The Kier molecular flexibility index (Phi) is 17.6. The van der Waals surface area contributed by atoms with Crippen molar-refractivity contribution < 1.29 is 0 Å². The van der Waals surface area contributed by atoms with Gasteiger partial charge < -0.3 is 34.8 Å². The number of nitrogens with zero attached hydrogens (tertiary/aromatic N) is 3. The molecule has 0 spiro atoms. The summed E-state index contributed by atoms with van der Waals surface area (Å²) in [6, 6.07) is 80.7. The normalized spacial score (nSPS) is 12.6. The number of hydrogen-bond acceptors (Lipinski definition) is 4. The van der Waals surface area contributed by atoms with Crippen molar-refractivity contribution in [2.75, 3.05) is 22.1 Å². The molecule has 466 valence electrons. The number of benzene rings is 10. The van der Waals surface area contributed by atoms with Gasteiger partial charge in [0, 0.05) is 104 Å². The molecule has 0 bridgehead atoms. The summed E-state index contributed by atoms with van der Waals surface area (Å²) in [6.45, 7) is 36.4. The molecule has 6 N–H and O–H groups in total. The standard InChI is InChI=1S/C49H56N4Si2.C18H22BrNSi.C13H14N2/c1-48(2,3)54(7,8)52-44-17-13-11-15-40(44)42-32-38(27-29-46(42)52)50-36-23-19-34(20-24-36)31-35-21-25-37(26-22-35)51-39-28-30-47-43(33-39)41-16-12-14-18-45(41)53(47)55(9,10)49(4,5)6;1-18(2,3)21(4,5)20-16-9-7-6-8-14(16)15-12-13(19)10-11-17(15)20;14-12-5-1-10(2-6-12)9-11-3-7-13(15)8-4-11/h11-30,32-33,50-51H,31H2,1-10H3;6-12H,1-5H3;1-8H,9,14-15H2. The van der Waals surface area contributed by atoms with E-state index in [1.165, 1.54) is 87.7 Å². The number of aromatic nitrogens is 3. The summed E-state index contributed by atoms with van der Waals surface area (Å²) >= 11 is 3.62. The summed E-state index contributed by atoms with van der Waals surface area (Å²) < 4.78 is 9.14. The molecule has 0 unspecified atom stereocenters. The maximum absolute atomic E-state index is 5.62. The smallest absolute Gasteiger partial charge is 0.161 e. The number of fused-ring (bicyclic) bond motifs is 9. The summed E-state index contributed by atoms with van der Waals surface area (Å²) in [5.74, 6) is 0. The Bertz CT molecular complexity index is 4510. The minimum Gasteiger partial charge on any atom is -0.399 e. The van der Waals surface area contributed by atoms with Crippen LogP contribution < -0.4 is 22.1 Å². The molecule has 3 aromatic heterocycles. The molecule has 10 aromatic carbocycles. The predicted octanol–water partition coefficient (Wildman–Crippen LogP) is 23.5. The van der Waals surface area contributed by atoms with Crippen molar-refractivity contribution >= 4 is 140 Å². The Labute approximate surface area is 551 Å². The van der Waals surface area contributed by atoms with Gasteiger partial charge in [0.1, 0.15) is 0 Å². The van der Waals surface area contributed by atoms with Crippen LogP contribution in [0.1, 0.15) is 84.6 Å². The monoisotopic (exact) mass is 1310 g/mol. The highest BCUT2D eigenvalue weighted by atomic mass is 79.9. The molecule has 11 heteroatoms. The average Bonchev–Trinajstić information content (AvgIpc) is 1.61. The van der Waals surface area contributed by atoms with Gasteiger partial charge in [-0.05, 0) is 172 Å². The molecule has 0 saturated carbocycles. The van der Waals surface area contributed by atoms with Crippen LogP contribution in [0.15, 0.2) is 229 Å². The van der Waals surface area contributed by atoms with Gasteiger partial charge in [0.25, 0.3) is 0 Å².